The van der Waals surface area contributed by atoms with Gasteiger partial charge in [-0.3, -0.25) is 4.79 Å². The van der Waals surface area contributed by atoms with E-state index in [1.165, 1.54) is 5.56 Å². The van der Waals surface area contributed by atoms with Crippen molar-refractivity contribution in [3.63, 3.8) is 0 Å². The van der Waals surface area contributed by atoms with E-state index in [9.17, 15) is 4.79 Å². The van der Waals surface area contributed by atoms with Crippen LogP contribution < -0.4 is 5.32 Å². The minimum Gasteiger partial charge on any atom is -0.313 e. The second kappa shape index (κ2) is 5.08. The van der Waals surface area contributed by atoms with Gasteiger partial charge >= 0.3 is 0 Å². The molecule has 0 amide bonds. The van der Waals surface area contributed by atoms with Gasteiger partial charge in [-0.2, -0.15) is 0 Å². The molecular formula is C13H19NO. The third kappa shape index (κ3) is 2.90. The van der Waals surface area contributed by atoms with Crippen molar-refractivity contribution in [2.24, 2.45) is 5.92 Å². The standard InChI is InChI=1S/C13H19NO/c1-9(2)13(14-4)12-7-5-6-11(8-12)10(3)15/h5-9,13-14H,1-4H3. The zero-order valence-corrected chi connectivity index (χ0v) is 9.87. The lowest BCUT2D eigenvalue weighted by Crippen LogP contribution is -2.21. The fourth-order valence-electron chi connectivity index (χ4n) is 1.84. The predicted molar refractivity (Wildman–Crippen MR) is 63.1 cm³/mol. The molecule has 1 atom stereocenters. The molecule has 1 aromatic rings. The van der Waals surface area contributed by atoms with Crippen LogP contribution in [0.4, 0.5) is 0 Å². The number of Topliss-reactive ketones (excluding diaryl/α,β-unsaturated/α-hetero) is 1. The number of benzene rings is 1. The van der Waals surface area contributed by atoms with Gasteiger partial charge in [0.1, 0.15) is 0 Å². The maximum atomic E-state index is 11.3. The molecule has 82 valence electrons. The van der Waals surface area contributed by atoms with E-state index in [0.717, 1.165) is 5.56 Å². The van der Waals surface area contributed by atoms with Gasteiger partial charge in [0, 0.05) is 11.6 Å². The lowest BCUT2D eigenvalue weighted by molar-refractivity contribution is 0.101. The van der Waals surface area contributed by atoms with Crippen LogP contribution in [0, 0.1) is 5.92 Å². The van der Waals surface area contributed by atoms with Gasteiger partial charge in [0.2, 0.25) is 0 Å². The Labute approximate surface area is 91.7 Å². The molecule has 2 heteroatoms. The Hall–Kier alpha value is -1.15. The fourth-order valence-corrected chi connectivity index (χ4v) is 1.84. The molecule has 0 aliphatic carbocycles. The first-order valence-electron chi connectivity index (χ1n) is 5.34. The monoisotopic (exact) mass is 205 g/mol. The molecular weight excluding hydrogens is 186 g/mol. The number of hydrogen-bond acceptors (Lipinski definition) is 2. The highest BCUT2D eigenvalue weighted by Gasteiger charge is 2.13. The summed E-state index contributed by atoms with van der Waals surface area (Å²) in [6.07, 6.45) is 0. The number of hydrogen-bond donors (Lipinski definition) is 1. The lowest BCUT2D eigenvalue weighted by atomic mass is 9.94. The van der Waals surface area contributed by atoms with Crippen molar-refractivity contribution in [3.05, 3.63) is 35.4 Å². The molecule has 0 heterocycles. The Kier molecular flexibility index (Phi) is 4.04. The van der Waals surface area contributed by atoms with Crippen LogP contribution in [0.15, 0.2) is 24.3 Å². The Morgan fingerprint density at radius 3 is 2.47 bits per heavy atom. The van der Waals surface area contributed by atoms with Crippen molar-refractivity contribution in [3.8, 4) is 0 Å². The molecule has 1 unspecified atom stereocenters. The van der Waals surface area contributed by atoms with E-state index in [-0.39, 0.29) is 5.78 Å². The summed E-state index contributed by atoms with van der Waals surface area (Å²) in [4.78, 5) is 11.3. The predicted octanol–water partition coefficient (Wildman–Crippen LogP) is 2.81. The van der Waals surface area contributed by atoms with Crippen molar-refractivity contribution >= 4 is 5.78 Å². The van der Waals surface area contributed by atoms with Gasteiger partial charge < -0.3 is 5.32 Å². The van der Waals surface area contributed by atoms with Crippen molar-refractivity contribution in [2.75, 3.05) is 7.05 Å². The Bertz CT molecular complexity index is 344. The topological polar surface area (TPSA) is 29.1 Å². The zero-order valence-electron chi connectivity index (χ0n) is 9.87. The number of rotatable bonds is 4. The van der Waals surface area contributed by atoms with E-state index in [1.807, 2.05) is 25.2 Å². The van der Waals surface area contributed by atoms with Gasteiger partial charge in [-0.25, -0.2) is 0 Å². The number of nitrogens with one attached hydrogen (secondary N) is 1. The van der Waals surface area contributed by atoms with Gasteiger partial charge in [0.25, 0.3) is 0 Å². The normalized spacial score (nSPS) is 12.9. The Morgan fingerprint density at radius 1 is 1.33 bits per heavy atom. The minimum absolute atomic E-state index is 0.121. The summed E-state index contributed by atoms with van der Waals surface area (Å²) in [5.41, 5.74) is 1.97. The quantitative estimate of drug-likeness (QED) is 0.766. The van der Waals surface area contributed by atoms with E-state index in [4.69, 9.17) is 0 Å². The van der Waals surface area contributed by atoms with Crippen molar-refractivity contribution < 1.29 is 4.79 Å². The largest absolute Gasteiger partial charge is 0.313 e. The van der Waals surface area contributed by atoms with E-state index in [1.54, 1.807) is 6.92 Å². The molecule has 1 N–H and O–H groups in total. The molecule has 0 fully saturated rings. The molecule has 0 radical (unpaired) electrons. The summed E-state index contributed by atoms with van der Waals surface area (Å²) in [6, 6.07) is 8.15. The first-order chi connectivity index (χ1) is 7.06. The third-order valence-electron chi connectivity index (χ3n) is 2.63. The van der Waals surface area contributed by atoms with Crippen molar-refractivity contribution in [1.82, 2.24) is 5.32 Å². The summed E-state index contributed by atoms with van der Waals surface area (Å²) >= 11 is 0. The third-order valence-corrected chi connectivity index (χ3v) is 2.63. The summed E-state index contributed by atoms with van der Waals surface area (Å²) in [5, 5.41) is 3.27. The molecule has 1 aromatic carbocycles. The minimum atomic E-state index is 0.121. The Morgan fingerprint density at radius 2 is 2.00 bits per heavy atom. The van der Waals surface area contributed by atoms with Gasteiger partial charge in [0.15, 0.2) is 5.78 Å². The SMILES string of the molecule is CNC(c1cccc(C(C)=O)c1)C(C)C. The first-order valence-corrected chi connectivity index (χ1v) is 5.34. The first kappa shape index (κ1) is 11.9. The summed E-state index contributed by atoms with van der Waals surface area (Å²) in [6.45, 7) is 5.94. The van der Waals surface area contributed by atoms with Crippen LogP contribution in [0.2, 0.25) is 0 Å². The summed E-state index contributed by atoms with van der Waals surface area (Å²) in [5.74, 6) is 0.632. The van der Waals surface area contributed by atoms with Gasteiger partial charge in [-0.1, -0.05) is 32.0 Å². The van der Waals surface area contributed by atoms with E-state index < -0.39 is 0 Å². The average Bonchev–Trinajstić information content (AvgIpc) is 2.18. The molecule has 0 bridgehead atoms. The second-order valence-electron chi connectivity index (χ2n) is 4.19. The van der Waals surface area contributed by atoms with Crippen LogP contribution in [-0.4, -0.2) is 12.8 Å². The van der Waals surface area contributed by atoms with Crippen LogP contribution in [-0.2, 0) is 0 Å². The highest BCUT2D eigenvalue weighted by atomic mass is 16.1. The van der Waals surface area contributed by atoms with Crippen LogP contribution >= 0.6 is 0 Å². The highest BCUT2D eigenvalue weighted by Crippen LogP contribution is 2.21. The molecule has 1 rings (SSSR count). The van der Waals surface area contributed by atoms with Crippen molar-refractivity contribution in [2.45, 2.75) is 26.8 Å². The number of ketones is 1. The molecule has 0 saturated heterocycles. The van der Waals surface area contributed by atoms with Crippen LogP contribution in [0.25, 0.3) is 0 Å². The van der Waals surface area contributed by atoms with Gasteiger partial charge in [0.05, 0.1) is 0 Å². The molecule has 2 nitrogen and oxygen atoms in total. The van der Waals surface area contributed by atoms with Crippen LogP contribution in [0.5, 0.6) is 0 Å². The molecule has 0 aliphatic rings. The molecule has 0 aliphatic heterocycles. The number of carbonyl (C=O) groups excluding carboxylic acids is 1. The van der Waals surface area contributed by atoms with Crippen molar-refractivity contribution in [1.29, 1.82) is 0 Å². The van der Waals surface area contributed by atoms with E-state index in [0.29, 0.717) is 12.0 Å². The smallest absolute Gasteiger partial charge is 0.159 e. The van der Waals surface area contributed by atoms with Crippen LogP contribution in [0.3, 0.4) is 0 Å². The highest BCUT2D eigenvalue weighted by molar-refractivity contribution is 5.94. The molecule has 0 spiro atoms. The fraction of sp³-hybridized carbons (Fsp3) is 0.462. The Balaban J connectivity index is 3.03. The molecule has 0 saturated carbocycles. The molecule has 0 aromatic heterocycles. The maximum absolute atomic E-state index is 11.3. The van der Waals surface area contributed by atoms with Crippen LogP contribution in [0.1, 0.15) is 42.7 Å². The average molecular weight is 205 g/mol. The lowest BCUT2D eigenvalue weighted by Gasteiger charge is -2.21. The van der Waals surface area contributed by atoms with E-state index in [2.05, 4.69) is 25.2 Å². The van der Waals surface area contributed by atoms with Gasteiger partial charge in [-0.15, -0.1) is 0 Å². The number of carbonyl (C=O) groups is 1. The maximum Gasteiger partial charge on any atom is 0.159 e. The summed E-state index contributed by atoms with van der Waals surface area (Å²) in [7, 11) is 1.95. The molecule has 15 heavy (non-hydrogen) atoms. The second-order valence-corrected chi connectivity index (χ2v) is 4.19. The summed E-state index contributed by atoms with van der Waals surface area (Å²) < 4.78 is 0. The zero-order chi connectivity index (χ0) is 11.4. The van der Waals surface area contributed by atoms with E-state index >= 15 is 0 Å². The van der Waals surface area contributed by atoms with Gasteiger partial charge in [-0.05, 0) is 31.5 Å².